The van der Waals surface area contributed by atoms with Crippen LogP contribution < -0.4 is 5.32 Å². The molecule has 1 amide bonds. The summed E-state index contributed by atoms with van der Waals surface area (Å²) in [5, 5.41) is 21.9. The van der Waals surface area contributed by atoms with Gasteiger partial charge in [0.15, 0.2) is 5.82 Å². The van der Waals surface area contributed by atoms with Crippen LogP contribution in [0.5, 0.6) is 0 Å². The molecule has 9 heteroatoms. The fourth-order valence-corrected chi connectivity index (χ4v) is 1.76. The summed E-state index contributed by atoms with van der Waals surface area (Å²) in [5.74, 6) is 0.399. The first-order valence-corrected chi connectivity index (χ1v) is 6.60. The molecule has 0 saturated carbocycles. The summed E-state index contributed by atoms with van der Waals surface area (Å²) in [4.78, 5) is 13.4. The third kappa shape index (κ3) is 2.68. The van der Waals surface area contributed by atoms with Gasteiger partial charge in [0.2, 0.25) is 5.82 Å². The number of rotatable bonds is 4. The highest BCUT2D eigenvalue weighted by Gasteiger charge is 2.20. The van der Waals surface area contributed by atoms with Crippen LogP contribution in [-0.4, -0.2) is 36.4 Å². The summed E-state index contributed by atoms with van der Waals surface area (Å²) >= 11 is 0. The van der Waals surface area contributed by atoms with E-state index in [0.29, 0.717) is 11.5 Å². The van der Waals surface area contributed by atoms with E-state index in [-0.39, 0.29) is 11.7 Å². The zero-order chi connectivity index (χ0) is 15.5. The van der Waals surface area contributed by atoms with Gasteiger partial charge in [0.05, 0.1) is 0 Å². The van der Waals surface area contributed by atoms with Gasteiger partial charge in [0, 0.05) is 5.56 Å². The van der Waals surface area contributed by atoms with Gasteiger partial charge in [-0.25, -0.2) is 4.63 Å². The highest BCUT2D eigenvalue weighted by atomic mass is 16.6. The predicted molar refractivity (Wildman–Crippen MR) is 75.6 cm³/mol. The summed E-state index contributed by atoms with van der Waals surface area (Å²) in [6.45, 7) is 3.34. The number of nitrogens with one attached hydrogen (secondary N) is 1. The Hall–Kier alpha value is -3.10. The molecule has 112 valence electrons. The Bertz CT molecular complexity index is 781. The number of hydrogen-bond acceptors (Lipinski definition) is 7. The minimum atomic E-state index is -0.652. The fourth-order valence-electron chi connectivity index (χ4n) is 1.76. The second-order valence-electron chi connectivity index (χ2n) is 4.66. The Labute approximate surface area is 125 Å². The van der Waals surface area contributed by atoms with Crippen molar-refractivity contribution in [3.8, 4) is 11.4 Å². The predicted octanol–water partition coefficient (Wildman–Crippen LogP) is 1.23. The van der Waals surface area contributed by atoms with Crippen LogP contribution in [0.15, 0.2) is 35.0 Å². The first kappa shape index (κ1) is 13.9. The number of benzene rings is 1. The van der Waals surface area contributed by atoms with E-state index >= 15 is 0 Å². The van der Waals surface area contributed by atoms with Crippen LogP contribution in [0.3, 0.4) is 0 Å². The van der Waals surface area contributed by atoms with Crippen molar-refractivity contribution in [2.75, 3.05) is 5.32 Å². The molecule has 1 aromatic carbocycles. The lowest BCUT2D eigenvalue weighted by molar-refractivity contribution is -0.119. The van der Waals surface area contributed by atoms with Gasteiger partial charge >= 0.3 is 0 Å². The van der Waals surface area contributed by atoms with E-state index in [2.05, 4.69) is 35.7 Å². The van der Waals surface area contributed by atoms with Crippen LogP contribution in [-0.2, 0) is 4.79 Å². The Morgan fingerprint density at radius 3 is 2.73 bits per heavy atom. The molecular formula is C13H13N7O2. The molecule has 0 radical (unpaired) electrons. The van der Waals surface area contributed by atoms with Gasteiger partial charge in [-0.1, -0.05) is 35.5 Å². The molecule has 0 fully saturated rings. The average Bonchev–Trinajstić information content (AvgIpc) is 3.17. The molecule has 0 bridgehead atoms. The van der Waals surface area contributed by atoms with Crippen LogP contribution in [0.2, 0.25) is 0 Å². The molecule has 9 nitrogen and oxygen atoms in total. The normalized spacial score (nSPS) is 12.1. The van der Waals surface area contributed by atoms with E-state index in [9.17, 15) is 4.79 Å². The van der Waals surface area contributed by atoms with E-state index in [1.54, 1.807) is 13.8 Å². The Balaban J connectivity index is 1.75. The molecule has 2 heterocycles. The molecule has 0 aliphatic carbocycles. The second-order valence-corrected chi connectivity index (χ2v) is 4.66. The molecule has 0 unspecified atom stereocenters. The number of aromatic nitrogens is 6. The number of carbonyl (C=O) groups is 1. The van der Waals surface area contributed by atoms with Crippen molar-refractivity contribution in [1.82, 2.24) is 30.5 Å². The van der Waals surface area contributed by atoms with E-state index in [0.717, 1.165) is 5.56 Å². The maximum absolute atomic E-state index is 12.2. The van der Waals surface area contributed by atoms with Crippen molar-refractivity contribution >= 4 is 11.7 Å². The highest BCUT2D eigenvalue weighted by Crippen LogP contribution is 2.15. The lowest BCUT2D eigenvalue weighted by Crippen LogP contribution is -2.25. The molecule has 0 spiro atoms. The Morgan fingerprint density at radius 1 is 1.27 bits per heavy atom. The van der Waals surface area contributed by atoms with Crippen molar-refractivity contribution in [3.05, 3.63) is 36.0 Å². The monoisotopic (exact) mass is 299 g/mol. The average molecular weight is 299 g/mol. The van der Waals surface area contributed by atoms with Gasteiger partial charge < -0.3 is 5.32 Å². The third-order valence-corrected chi connectivity index (χ3v) is 3.08. The van der Waals surface area contributed by atoms with Crippen LogP contribution in [0, 0.1) is 6.92 Å². The molecule has 3 aromatic rings. The summed E-state index contributed by atoms with van der Waals surface area (Å²) in [6.07, 6.45) is 0. The number of tetrazole rings is 1. The van der Waals surface area contributed by atoms with E-state index < -0.39 is 6.04 Å². The minimum Gasteiger partial charge on any atom is -0.304 e. The number of anilines is 1. The van der Waals surface area contributed by atoms with Gasteiger partial charge in [-0.2, -0.15) is 4.80 Å². The summed E-state index contributed by atoms with van der Waals surface area (Å²) in [7, 11) is 0. The number of aryl methyl sites for hydroxylation is 1. The van der Waals surface area contributed by atoms with Crippen LogP contribution in [0.1, 0.15) is 18.7 Å². The SMILES string of the molecule is Cc1nonc1NC(=O)[C@H](C)n1nnc(-c2ccccc2)n1. The van der Waals surface area contributed by atoms with Gasteiger partial charge in [-0.3, -0.25) is 4.79 Å². The summed E-state index contributed by atoms with van der Waals surface area (Å²) in [5.41, 5.74) is 1.33. The van der Waals surface area contributed by atoms with E-state index in [4.69, 9.17) is 0 Å². The molecular weight excluding hydrogens is 286 g/mol. The van der Waals surface area contributed by atoms with Crippen LogP contribution in [0.4, 0.5) is 5.82 Å². The van der Waals surface area contributed by atoms with Crippen molar-refractivity contribution in [2.24, 2.45) is 0 Å². The first-order valence-electron chi connectivity index (χ1n) is 6.60. The van der Waals surface area contributed by atoms with Crippen molar-refractivity contribution in [1.29, 1.82) is 0 Å². The van der Waals surface area contributed by atoms with Crippen molar-refractivity contribution < 1.29 is 9.42 Å². The van der Waals surface area contributed by atoms with Crippen molar-refractivity contribution in [2.45, 2.75) is 19.9 Å². The molecule has 3 rings (SSSR count). The third-order valence-electron chi connectivity index (χ3n) is 3.08. The van der Waals surface area contributed by atoms with Gasteiger partial charge in [-0.15, -0.1) is 10.2 Å². The summed E-state index contributed by atoms with van der Waals surface area (Å²) < 4.78 is 4.53. The molecule has 0 saturated heterocycles. The number of carbonyl (C=O) groups excluding carboxylic acids is 1. The molecule has 22 heavy (non-hydrogen) atoms. The zero-order valence-corrected chi connectivity index (χ0v) is 12.0. The Kier molecular flexibility index (Phi) is 3.60. The van der Waals surface area contributed by atoms with Crippen LogP contribution in [0.25, 0.3) is 11.4 Å². The zero-order valence-electron chi connectivity index (χ0n) is 12.0. The van der Waals surface area contributed by atoms with Gasteiger partial charge in [-0.05, 0) is 24.2 Å². The van der Waals surface area contributed by atoms with Crippen molar-refractivity contribution in [3.63, 3.8) is 0 Å². The quantitative estimate of drug-likeness (QED) is 0.771. The first-order chi connectivity index (χ1) is 10.6. The number of amides is 1. The molecule has 0 aliphatic rings. The summed E-state index contributed by atoms with van der Waals surface area (Å²) in [6, 6.07) is 8.76. The lowest BCUT2D eigenvalue weighted by atomic mass is 10.2. The fraction of sp³-hybridized carbons (Fsp3) is 0.231. The molecule has 1 N–H and O–H groups in total. The topological polar surface area (TPSA) is 112 Å². The van der Waals surface area contributed by atoms with Crippen LogP contribution >= 0.6 is 0 Å². The molecule has 2 aromatic heterocycles. The highest BCUT2D eigenvalue weighted by molar-refractivity contribution is 5.92. The molecule has 1 atom stereocenters. The second kappa shape index (κ2) is 5.72. The Morgan fingerprint density at radius 2 is 2.05 bits per heavy atom. The maximum Gasteiger partial charge on any atom is 0.252 e. The smallest absolute Gasteiger partial charge is 0.252 e. The van der Waals surface area contributed by atoms with Gasteiger partial charge in [0.25, 0.3) is 5.91 Å². The lowest BCUT2D eigenvalue weighted by Gasteiger charge is -2.08. The number of nitrogens with zero attached hydrogens (tertiary/aromatic N) is 6. The maximum atomic E-state index is 12.2. The minimum absolute atomic E-state index is 0.278. The number of hydrogen-bond donors (Lipinski definition) is 1. The standard InChI is InChI=1S/C13H13N7O2/c1-8-11(18-22-17-8)14-13(21)9(2)20-16-12(15-19-20)10-6-4-3-5-7-10/h3-7,9H,1-2H3,(H,14,18,21)/t9-/m0/s1. The van der Waals surface area contributed by atoms with E-state index in [1.807, 2.05) is 30.3 Å². The van der Waals surface area contributed by atoms with E-state index in [1.165, 1.54) is 4.80 Å². The van der Waals surface area contributed by atoms with Gasteiger partial charge in [0.1, 0.15) is 11.7 Å². The molecule has 0 aliphatic heterocycles. The largest absolute Gasteiger partial charge is 0.304 e.